The normalized spacial score (nSPS) is 14.0. The molecule has 0 aromatic heterocycles. The minimum absolute atomic E-state index is 0.343. The SMILES string of the molecule is CC.[B]c1ccc(/C(C#C)=C/N2C=CC=C(C)C2=C)c(F)c1. The zero-order valence-corrected chi connectivity index (χ0v) is 13.2. The topological polar surface area (TPSA) is 3.24 Å². The van der Waals surface area contributed by atoms with Gasteiger partial charge in [0.15, 0.2) is 0 Å². The number of rotatable bonds is 2. The van der Waals surface area contributed by atoms with Gasteiger partial charge in [-0.2, -0.15) is 0 Å². The maximum absolute atomic E-state index is 13.9. The number of halogens is 1. The fraction of sp³-hybridized carbons (Fsp3) is 0.158. The Morgan fingerprint density at radius 2 is 2.09 bits per heavy atom. The summed E-state index contributed by atoms with van der Waals surface area (Å²) in [5.74, 6) is 2.07. The first-order valence-electron chi connectivity index (χ1n) is 7.09. The molecular formula is C19H19BFN. The predicted molar refractivity (Wildman–Crippen MR) is 93.8 cm³/mol. The van der Waals surface area contributed by atoms with E-state index in [1.165, 1.54) is 6.07 Å². The molecule has 1 nitrogen and oxygen atoms in total. The molecule has 110 valence electrons. The summed E-state index contributed by atoms with van der Waals surface area (Å²) < 4.78 is 13.9. The average molecular weight is 291 g/mol. The van der Waals surface area contributed by atoms with Gasteiger partial charge in [0.1, 0.15) is 13.7 Å². The molecule has 22 heavy (non-hydrogen) atoms. The van der Waals surface area contributed by atoms with Crippen LogP contribution in [0.5, 0.6) is 0 Å². The van der Waals surface area contributed by atoms with Crippen LogP contribution in [0.1, 0.15) is 26.3 Å². The van der Waals surface area contributed by atoms with Gasteiger partial charge in [-0.05, 0) is 24.6 Å². The molecule has 0 saturated carbocycles. The molecule has 2 radical (unpaired) electrons. The van der Waals surface area contributed by atoms with Crippen molar-refractivity contribution in [3.05, 3.63) is 72.0 Å². The van der Waals surface area contributed by atoms with Gasteiger partial charge < -0.3 is 4.90 Å². The molecule has 0 amide bonds. The summed E-state index contributed by atoms with van der Waals surface area (Å²) in [6.45, 7) is 9.92. The van der Waals surface area contributed by atoms with Crippen molar-refractivity contribution in [2.75, 3.05) is 0 Å². The van der Waals surface area contributed by atoms with Crippen LogP contribution in [0.15, 0.2) is 60.6 Å². The van der Waals surface area contributed by atoms with Crippen LogP contribution >= 0.6 is 0 Å². The van der Waals surface area contributed by atoms with Crippen molar-refractivity contribution in [2.45, 2.75) is 20.8 Å². The van der Waals surface area contributed by atoms with E-state index in [4.69, 9.17) is 14.3 Å². The van der Waals surface area contributed by atoms with Gasteiger partial charge in [0.2, 0.25) is 0 Å². The van der Waals surface area contributed by atoms with E-state index < -0.39 is 5.82 Å². The fourth-order valence-corrected chi connectivity index (χ4v) is 1.86. The first kappa shape index (κ1) is 17.6. The van der Waals surface area contributed by atoms with E-state index in [0.717, 1.165) is 11.3 Å². The van der Waals surface area contributed by atoms with Gasteiger partial charge in [-0.15, -0.1) is 6.42 Å². The van der Waals surface area contributed by atoms with E-state index >= 15 is 0 Å². The van der Waals surface area contributed by atoms with Crippen molar-refractivity contribution in [2.24, 2.45) is 0 Å². The second kappa shape index (κ2) is 8.09. The molecule has 0 unspecified atom stereocenters. The first-order valence-corrected chi connectivity index (χ1v) is 7.09. The van der Waals surface area contributed by atoms with Crippen molar-refractivity contribution >= 4 is 18.9 Å². The van der Waals surface area contributed by atoms with Crippen LogP contribution in [0.3, 0.4) is 0 Å². The van der Waals surface area contributed by atoms with Crippen LogP contribution in [-0.2, 0) is 0 Å². The lowest BCUT2D eigenvalue weighted by Crippen LogP contribution is -2.13. The lowest BCUT2D eigenvalue weighted by Gasteiger charge is -2.22. The van der Waals surface area contributed by atoms with E-state index in [-0.39, 0.29) is 0 Å². The molecule has 0 saturated heterocycles. The second-order valence-electron chi connectivity index (χ2n) is 4.47. The zero-order valence-electron chi connectivity index (χ0n) is 13.2. The van der Waals surface area contributed by atoms with E-state index in [2.05, 4.69) is 12.5 Å². The summed E-state index contributed by atoms with van der Waals surface area (Å²) in [5, 5.41) is 0. The molecule has 3 heteroatoms. The Hall–Kier alpha value is -2.47. The highest BCUT2D eigenvalue weighted by molar-refractivity contribution is 6.32. The summed E-state index contributed by atoms with van der Waals surface area (Å²) in [5.41, 5.74) is 2.97. The third kappa shape index (κ3) is 4.02. The van der Waals surface area contributed by atoms with Crippen LogP contribution < -0.4 is 5.46 Å². The maximum atomic E-state index is 13.9. The van der Waals surface area contributed by atoms with Gasteiger partial charge >= 0.3 is 0 Å². The molecule has 1 aliphatic heterocycles. The summed E-state index contributed by atoms with van der Waals surface area (Å²) in [6, 6.07) is 4.46. The summed E-state index contributed by atoms with van der Waals surface area (Å²) in [4.78, 5) is 1.78. The smallest absolute Gasteiger partial charge is 0.131 e. The Kier molecular flexibility index (Phi) is 6.47. The fourth-order valence-electron chi connectivity index (χ4n) is 1.86. The van der Waals surface area contributed by atoms with Crippen LogP contribution in [0.4, 0.5) is 4.39 Å². The highest BCUT2D eigenvalue weighted by atomic mass is 19.1. The molecule has 0 fully saturated rings. The molecule has 0 spiro atoms. The number of hydrogen-bond donors (Lipinski definition) is 0. The van der Waals surface area contributed by atoms with Crippen LogP contribution in [0.25, 0.3) is 5.57 Å². The molecule has 1 heterocycles. The quantitative estimate of drug-likeness (QED) is 0.590. The molecule has 0 bridgehead atoms. The van der Waals surface area contributed by atoms with Crippen molar-refractivity contribution in [3.63, 3.8) is 0 Å². The average Bonchev–Trinajstić information content (AvgIpc) is 2.51. The van der Waals surface area contributed by atoms with Gasteiger partial charge in [0.25, 0.3) is 0 Å². The maximum Gasteiger partial charge on any atom is 0.131 e. The number of terminal acetylenes is 1. The number of nitrogens with zero attached hydrogens (tertiary/aromatic N) is 1. The van der Waals surface area contributed by atoms with E-state index in [1.807, 2.05) is 39.1 Å². The Balaban J connectivity index is 0.00000116. The molecule has 1 aliphatic rings. The molecule has 0 atom stereocenters. The molecule has 1 aromatic rings. The summed E-state index contributed by atoms with van der Waals surface area (Å²) in [6.07, 6.45) is 12.8. The lowest BCUT2D eigenvalue weighted by atomic mass is 9.93. The van der Waals surface area contributed by atoms with E-state index in [0.29, 0.717) is 16.6 Å². The number of allylic oxidation sites excluding steroid dienone is 4. The highest BCUT2D eigenvalue weighted by Gasteiger charge is 2.11. The standard InChI is InChI=1S/C17H13BFN.C2H6/c1-4-14(16-8-7-15(18)10-17(16)19)11-20-9-5-6-12(2)13(20)3;1-2/h1,5-11H,3H2,2H3;1-2H3/b14-11+;. The van der Waals surface area contributed by atoms with Crippen molar-refractivity contribution in [1.82, 2.24) is 4.90 Å². The van der Waals surface area contributed by atoms with Gasteiger partial charge in [-0.3, -0.25) is 0 Å². The van der Waals surface area contributed by atoms with E-state index in [9.17, 15) is 4.39 Å². The molecule has 2 rings (SSSR count). The Labute approximate surface area is 133 Å². The Bertz CT molecular complexity index is 690. The van der Waals surface area contributed by atoms with Crippen molar-refractivity contribution < 1.29 is 4.39 Å². The van der Waals surface area contributed by atoms with Crippen LogP contribution in [0, 0.1) is 18.2 Å². The largest absolute Gasteiger partial charge is 0.323 e. The van der Waals surface area contributed by atoms with Gasteiger partial charge in [-0.25, -0.2) is 4.39 Å². The van der Waals surface area contributed by atoms with Crippen molar-refractivity contribution in [1.29, 1.82) is 0 Å². The molecule has 1 aromatic carbocycles. The molecule has 0 N–H and O–H groups in total. The van der Waals surface area contributed by atoms with Gasteiger partial charge in [0, 0.05) is 23.7 Å². The second-order valence-corrected chi connectivity index (χ2v) is 4.47. The summed E-state index contributed by atoms with van der Waals surface area (Å²) in [7, 11) is 5.54. The van der Waals surface area contributed by atoms with Gasteiger partial charge in [0.05, 0.1) is 5.57 Å². The summed E-state index contributed by atoms with van der Waals surface area (Å²) >= 11 is 0. The molecular weight excluding hydrogens is 272 g/mol. The third-order valence-electron chi connectivity index (χ3n) is 3.07. The predicted octanol–water partition coefficient (Wildman–Crippen LogP) is 3.91. The van der Waals surface area contributed by atoms with E-state index in [1.54, 1.807) is 23.2 Å². The minimum Gasteiger partial charge on any atom is -0.323 e. The number of benzene rings is 1. The number of hydrogen-bond acceptors (Lipinski definition) is 1. The monoisotopic (exact) mass is 291 g/mol. The third-order valence-corrected chi connectivity index (χ3v) is 3.07. The zero-order chi connectivity index (χ0) is 16.7. The van der Waals surface area contributed by atoms with Crippen LogP contribution in [-0.4, -0.2) is 12.7 Å². The van der Waals surface area contributed by atoms with Crippen LogP contribution in [0.2, 0.25) is 0 Å². The lowest BCUT2D eigenvalue weighted by molar-refractivity contribution is 0.621. The molecule has 0 aliphatic carbocycles. The highest BCUT2D eigenvalue weighted by Crippen LogP contribution is 2.23. The van der Waals surface area contributed by atoms with Gasteiger partial charge in [-0.1, -0.05) is 50.0 Å². The first-order chi connectivity index (χ1) is 10.5. The van der Waals surface area contributed by atoms with Crippen molar-refractivity contribution in [3.8, 4) is 12.3 Å². The Morgan fingerprint density at radius 1 is 1.41 bits per heavy atom. The minimum atomic E-state index is -0.437. The Morgan fingerprint density at radius 3 is 2.68 bits per heavy atom.